The minimum atomic E-state index is 0.136. The number of aromatic nitrogens is 2. The smallest absolute Gasteiger partial charge is 0.205 e. The minimum Gasteiger partial charge on any atom is -0.374 e. The number of hydrogen-bond donors (Lipinski definition) is 1. The van der Waals surface area contributed by atoms with Crippen LogP contribution in [0, 0.1) is 0 Å². The number of aryl methyl sites for hydroxylation is 1. The molecule has 0 saturated carbocycles. The van der Waals surface area contributed by atoms with Crippen molar-refractivity contribution >= 4 is 28.2 Å². The zero-order valence-corrected chi connectivity index (χ0v) is 13.0. The average molecular weight is 299 g/mol. The Morgan fingerprint density at radius 2 is 2.42 bits per heavy atom. The van der Waals surface area contributed by atoms with E-state index in [1.165, 1.54) is 12.2 Å². The van der Waals surface area contributed by atoms with Crippen LogP contribution in [0.5, 0.6) is 0 Å². The van der Waals surface area contributed by atoms with Gasteiger partial charge in [0.25, 0.3) is 0 Å². The summed E-state index contributed by atoms with van der Waals surface area (Å²) >= 11 is 3.72. The van der Waals surface area contributed by atoms with Gasteiger partial charge in [0, 0.05) is 24.8 Å². The van der Waals surface area contributed by atoms with E-state index in [9.17, 15) is 0 Å². The van der Waals surface area contributed by atoms with E-state index in [1.54, 1.807) is 11.3 Å². The molecule has 0 radical (unpaired) electrons. The molecule has 19 heavy (non-hydrogen) atoms. The zero-order valence-electron chi connectivity index (χ0n) is 11.4. The van der Waals surface area contributed by atoms with Gasteiger partial charge in [-0.25, -0.2) is 0 Å². The van der Waals surface area contributed by atoms with E-state index in [-0.39, 0.29) is 5.60 Å². The number of nitrogens with one attached hydrogen (secondary N) is 1. The van der Waals surface area contributed by atoms with Gasteiger partial charge in [-0.2, -0.15) is 11.8 Å². The zero-order chi connectivity index (χ0) is 13.1. The quantitative estimate of drug-likeness (QED) is 0.926. The molecule has 2 aliphatic heterocycles. The van der Waals surface area contributed by atoms with Gasteiger partial charge in [0.2, 0.25) is 5.13 Å². The molecule has 2 fully saturated rings. The standard InChI is InChI=1S/C13H21N3OS2/c1-2-3-11-15-16-12(19-11)14-10-4-6-17-13(8-10)5-7-18-9-13/h10H,2-9H2,1H3,(H,14,16). The van der Waals surface area contributed by atoms with Crippen molar-refractivity contribution in [3.63, 3.8) is 0 Å². The van der Waals surface area contributed by atoms with Crippen molar-refractivity contribution in [1.82, 2.24) is 10.2 Å². The van der Waals surface area contributed by atoms with Gasteiger partial charge in [0.15, 0.2) is 0 Å². The summed E-state index contributed by atoms with van der Waals surface area (Å²) in [7, 11) is 0. The van der Waals surface area contributed by atoms with Gasteiger partial charge in [0.1, 0.15) is 5.01 Å². The number of anilines is 1. The van der Waals surface area contributed by atoms with Gasteiger partial charge < -0.3 is 10.1 Å². The lowest BCUT2D eigenvalue weighted by Gasteiger charge is -2.37. The lowest BCUT2D eigenvalue weighted by atomic mass is 9.90. The molecular formula is C13H21N3OS2. The van der Waals surface area contributed by atoms with E-state index in [4.69, 9.17) is 4.74 Å². The van der Waals surface area contributed by atoms with Crippen LogP contribution < -0.4 is 5.32 Å². The van der Waals surface area contributed by atoms with Gasteiger partial charge in [-0.15, -0.1) is 10.2 Å². The second-order valence-electron chi connectivity index (χ2n) is 5.42. The average Bonchev–Trinajstić information content (AvgIpc) is 3.01. The molecular weight excluding hydrogens is 278 g/mol. The molecule has 6 heteroatoms. The fourth-order valence-electron chi connectivity index (χ4n) is 2.82. The third-order valence-electron chi connectivity index (χ3n) is 3.82. The molecule has 0 amide bonds. The van der Waals surface area contributed by atoms with Gasteiger partial charge in [0.05, 0.1) is 5.60 Å². The predicted octanol–water partition coefficient (Wildman–Crippen LogP) is 2.96. The Morgan fingerprint density at radius 3 is 3.21 bits per heavy atom. The van der Waals surface area contributed by atoms with Gasteiger partial charge in [-0.05, 0) is 31.4 Å². The Hall–Kier alpha value is -0.330. The summed E-state index contributed by atoms with van der Waals surface area (Å²) in [6.45, 7) is 3.05. The SMILES string of the molecule is CCCc1nnc(NC2CCOC3(CCSC3)C2)s1. The van der Waals surface area contributed by atoms with E-state index in [1.807, 2.05) is 11.8 Å². The summed E-state index contributed by atoms with van der Waals surface area (Å²) in [4.78, 5) is 0. The van der Waals surface area contributed by atoms with E-state index >= 15 is 0 Å². The van der Waals surface area contributed by atoms with Crippen molar-refractivity contribution in [2.75, 3.05) is 23.4 Å². The number of nitrogens with zero attached hydrogens (tertiary/aromatic N) is 2. The molecule has 0 aliphatic carbocycles. The summed E-state index contributed by atoms with van der Waals surface area (Å²) in [5.41, 5.74) is 0.136. The van der Waals surface area contributed by atoms with Crippen molar-refractivity contribution < 1.29 is 4.74 Å². The highest BCUT2D eigenvalue weighted by Crippen LogP contribution is 2.39. The molecule has 1 N–H and O–H groups in total. The molecule has 0 aromatic carbocycles. The number of ether oxygens (including phenoxy) is 1. The monoisotopic (exact) mass is 299 g/mol. The van der Waals surface area contributed by atoms with E-state index < -0.39 is 0 Å². The molecule has 2 aliphatic rings. The Bertz CT molecular complexity index is 418. The van der Waals surface area contributed by atoms with Crippen molar-refractivity contribution in [2.45, 2.75) is 50.7 Å². The molecule has 1 spiro atoms. The fraction of sp³-hybridized carbons (Fsp3) is 0.846. The van der Waals surface area contributed by atoms with Crippen molar-refractivity contribution in [3.05, 3.63) is 5.01 Å². The number of hydrogen-bond acceptors (Lipinski definition) is 6. The molecule has 4 nitrogen and oxygen atoms in total. The largest absolute Gasteiger partial charge is 0.374 e. The fourth-order valence-corrected chi connectivity index (χ4v) is 5.11. The summed E-state index contributed by atoms with van der Waals surface area (Å²) in [6, 6.07) is 0.495. The van der Waals surface area contributed by atoms with Crippen LogP contribution in [0.4, 0.5) is 5.13 Å². The molecule has 3 rings (SSSR count). The molecule has 2 unspecified atom stereocenters. The lowest BCUT2D eigenvalue weighted by molar-refractivity contribution is -0.0628. The van der Waals surface area contributed by atoms with Crippen LogP contribution >= 0.6 is 23.1 Å². The van der Waals surface area contributed by atoms with E-state index in [0.29, 0.717) is 6.04 Å². The number of thioether (sulfide) groups is 1. The Morgan fingerprint density at radius 1 is 1.47 bits per heavy atom. The Kier molecular flexibility index (Phi) is 4.29. The normalized spacial score (nSPS) is 30.9. The molecule has 106 valence electrons. The van der Waals surface area contributed by atoms with Crippen molar-refractivity contribution in [3.8, 4) is 0 Å². The molecule has 0 bridgehead atoms. The van der Waals surface area contributed by atoms with Gasteiger partial charge in [-0.3, -0.25) is 0 Å². The highest BCUT2D eigenvalue weighted by molar-refractivity contribution is 7.99. The predicted molar refractivity (Wildman–Crippen MR) is 81.2 cm³/mol. The first-order valence-electron chi connectivity index (χ1n) is 7.10. The first-order chi connectivity index (χ1) is 9.30. The molecule has 2 atom stereocenters. The highest BCUT2D eigenvalue weighted by Gasteiger charge is 2.40. The van der Waals surface area contributed by atoms with Gasteiger partial charge in [-0.1, -0.05) is 18.3 Å². The van der Waals surface area contributed by atoms with E-state index in [0.717, 1.165) is 48.2 Å². The number of rotatable bonds is 4. The first-order valence-corrected chi connectivity index (χ1v) is 9.07. The van der Waals surface area contributed by atoms with Crippen LogP contribution in [-0.4, -0.2) is 40.0 Å². The maximum Gasteiger partial charge on any atom is 0.205 e. The maximum atomic E-state index is 6.04. The topological polar surface area (TPSA) is 47.0 Å². The second-order valence-corrected chi connectivity index (χ2v) is 7.59. The summed E-state index contributed by atoms with van der Waals surface area (Å²) in [5.74, 6) is 2.40. The first kappa shape index (κ1) is 13.6. The maximum absolute atomic E-state index is 6.04. The minimum absolute atomic E-state index is 0.136. The third-order valence-corrected chi connectivity index (χ3v) is 5.96. The molecule has 3 heterocycles. The summed E-state index contributed by atoms with van der Waals surface area (Å²) in [6.07, 6.45) is 5.56. The third kappa shape index (κ3) is 3.23. The Balaban J connectivity index is 1.59. The van der Waals surface area contributed by atoms with Crippen LogP contribution in [0.2, 0.25) is 0 Å². The molecule has 2 saturated heterocycles. The summed E-state index contributed by atoms with van der Waals surface area (Å²) < 4.78 is 6.04. The molecule has 1 aromatic rings. The highest BCUT2D eigenvalue weighted by atomic mass is 32.2. The Labute approximate surface area is 122 Å². The van der Waals surface area contributed by atoms with Crippen molar-refractivity contribution in [1.29, 1.82) is 0 Å². The van der Waals surface area contributed by atoms with Crippen LogP contribution in [0.15, 0.2) is 0 Å². The van der Waals surface area contributed by atoms with E-state index in [2.05, 4.69) is 22.4 Å². The lowest BCUT2D eigenvalue weighted by Crippen LogP contribution is -2.44. The molecule has 1 aromatic heterocycles. The van der Waals surface area contributed by atoms with Gasteiger partial charge >= 0.3 is 0 Å². The van der Waals surface area contributed by atoms with Crippen LogP contribution in [0.25, 0.3) is 0 Å². The van der Waals surface area contributed by atoms with Crippen molar-refractivity contribution in [2.24, 2.45) is 0 Å². The second kappa shape index (κ2) is 5.97. The van der Waals surface area contributed by atoms with Crippen LogP contribution in [0.3, 0.4) is 0 Å². The van der Waals surface area contributed by atoms with Crippen LogP contribution in [0.1, 0.15) is 37.6 Å². The van der Waals surface area contributed by atoms with Crippen LogP contribution in [-0.2, 0) is 11.2 Å². The summed E-state index contributed by atoms with van der Waals surface area (Å²) in [5, 5.41) is 14.2.